The summed E-state index contributed by atoms with van der Waals surface area (Å²) < 4.78 is 43.5. The minimum absolute atomic E-state index is 0.0776. The van der Waals surface area contributed by atoms with Crippen LogP contribution in [0.5, 0.6) is 0 Å². The summed E-state index contributed by atoms with van der Waals surface area (Å²) in [5, 5.41) is 29.4. The first kappa shape index (κ1) is 27.2. The molecular weight excluding hydrogens is 493 g/mol. The summed E-state index contributed by atoms with van der Waals surface area (Å²) in [5.41, 5.74) is -1.66. The lowest BCUT2D eigenvalue weighted by Gasteiger charge is -2.27. The number of carbonyl (C=O) groups is 1. The van der Waals surface area contributed by atoms with Gasteiger partial charge in [0.15, 0.2) is 4.21 Å². The third-order valence-corrected chi connectivity index (χ3v) is 9.41. The van der Waals surface area contributed by atoms with Crippen molar-refractivity contribution in [2.45, 2.75) is 88.1 Å². The molecule has 1 aromatic heterocycles. The molecule has 0 radical (unpaired) electrons. The maximum atomic E-state index is 15.3. The fourth-order valence-corrected chi connectivity index (χ4v) is 6.77. The maximum Gasteiger partial charge on any atom is 0.275 e. The molecule has 0 aliphatic heterocycles. The van der Waals surface area contributed by atoms with Crippen molar-refractivity contribution >= 4 is 27.3 Å². The van der Waals surface area contributed by atoms with Gasteiger partial charge < -0.3 is 10.2 Å². The summed E-state index contributed by atoms with van der Waals surface area (Å²) >= 11 is 0.670. The Labute approximate surface area is 208 Å². The van der Waals surface area contributed by atoms with Gasteiger partial charge >= 0.3 is 0 Å². The van der Waals surface area contributed by atoms with Crippen LogP contribution in [0.2, 0.25) is 0 Å². The highest BCUT2D eigenvalue weighted by molar-refractivity contribution is 7.92. The van der Waals surface area contributed by atoms with Crippen LogP contribution in [-0.2, 0) is 32.4 Å². The highest BCUT2D eigenvalue weighted by Gasteiger charge is 2.55. The molecule has 0 bridgehead atoms. The number of aromatic nitrogens is 1. The van der Waals surface area contributed by atoms with Crippen molar-refractivity contribution in [1.29, 1.82) is 5.26 Å². The van der Waals surface area contributed by atoms with Gasteiger partial charge in [0.05, 0.1) is 23.3 Å². The summed E-state index contributed by atoms with van der Waals surface area (Å²) in [5.74, 6) is -1.99. The quantitative estimate of drug-likeness (QED) is 0.480. The molecule has 3 rings (SSSR count). The number of nitrogens with zero attached hydrogens (tertiary/aromatic N) is 2. The Kier molecular flexibility index (Phi) is 7.18. The van der Waals surface area contributed by atoms with Crippen molar-refractivity contribution in [3.63, 3.8) is 0 Å². The molecule has 0 spiro atoms. The van der Waals surface area contributed by atoms with E-state index in [1.54, 1.807) is 13.8 Å². The SMILES string of the molecule is CC(C)c1cc(C#N)c(F)c(C(C)C)c1C1(C(=O)NS(=O)(=O)c2sc(C(C)(C)O)nc2CO)CC1. The molecule has 0 atom stereocenters. The van der Waals surface area contributed by atoms with Crippen molar-refractivity contribution in [3.8, 4) is 6.07 Å². The van der Waals surface area contributed by atoms with Crippen molar-refractivity contribution in [2.24, 2.45) is 0 Å². The molecule has 11 heteroatoms. The molecule has 1 aliphatic carbocycles. The first-order chi connectivity index (χ1) is 16.1. The van der Waals surface area contributed by atoms with Crippen LogP contribution in [0.4, 0.5) is 4.39 Å². The van der Waals surface area contributed by atoms with Crippen molar-refractivity contribution in [1.82, 2.24) is 9.71 Å². The number of aliphatic hydroxyl groups excluding tert-OH is 1. The summed E-state index contributed by atoms with van der Waals surface area (Å²) in [6.07, 6.45) is 0.646. The highest BCUT2D eigenvalue weighted by Crippen LogP contribution is 2.54. The number of nitrogens with one attached hydrogen (secondary N) is 1. The Morgan fingerprint density at radius 3 is 2.34 bits per heavy atom. The third kappa shape index (κ3) is 4.85. The summed E-state index contributed by atoms with van der Waals surface area (Å²) in [6.45, 7) is 9.44. The topological polar surface area (TPSA) is 140 Å². The van der Waals surface area contributed by atoms with Gasteiger partial charge in [-0.3, -0.25) is 4.79 Å². The van der Waals surface area contributed by atoms with Gasteiger partial charge in [0.1, 0.15) is 22.5 Å². The highest BCUT2D eigenvalue weighted by atomic mass is 32.2. The minimum Gasteiger partial charge on any atom is -0.390 e. The zero-order chi connectivity index (χ0) is 26.5. The Morgan fingerprint density at radius 1 is 1.31 bits per heavy atom. The summed E-state index contributed by atoms with van der Waals surface area (Å²) in [4.78, 5) is 17.6. The zero-order valence-electron chi connectivity index (χ0n) is 20.6. The van der Waals surface area contributed by atoms with E-state index >= 15 is 4.39 Å². The van der Waals surface area contributed by atoms with Crippen LogP contribution >= 0.6 is 11.3 Å². The van der Waals surface area contributed by atoms with Crippen LogP contribution in [0.15, 0.2) is 10.3 Å². The second-order valence-corrected chi connectivity index (χ2v) is 12.9. The minimum atomic E-state index is -4.44. The molecule has 1 saturated carbocycles. The molecule has 0 unspecified atom stereocenters. The van der Waals surface area contributed by atoms with Gasteiger partial charge in [-0.1, -0.05) is 27.7 Å². The van der Waals surface area contributed by atoms with Gasteiger partial charge in [-0.05, 0) is 61.3 Å². The maximum absolute atomic E-state index is 15.3. The van der Waals surface area contributed by atoms with E-state index in [0.29, 0.717) is 35.3 Å². The van der Waals surface area contributed by atoms with Gasteiger partial charge in [0, 0.05) is 0 Å². The molecule has 3 N–H and O–H groups in total. The average Bonchev–Trinajstić information content (AvgIpc) is 3.42. The molecule has 2 aromatic rings. The van der Waals surface area contributed by atoms with E-state index in [-0.39, 0.29) is 37.9 Å². The van der Waals surface area contributed by atoms with Crippen LogP contribution in [0.3, 0.4) is 0 Å². The fraction of sp³-hybridized carbons (Fsp3) is 0.542. The molecule has 1 fully saturated rings. The second-order valence-electron chi connectivity index (χ2n) is 10.0. The molecule has 1 amide bonds. The van der Waals surface area contributed by atoms with Crippen molar-refractivity contribution in [2.75, 3.05) is 0 Å². The van der Waals surface area contributed by atoms with E-state index in [1.807, 2.05) is 19.9 Å². The lowest BCUT2D eigenvalue weighted by molar-refractivity contribution is -0.121. The molecule has 0 saturated heterocycles. The zero-order valence-corrected chi connectivity index (χ0v) is 22.2. The number of amides is 1. The summed E-state index contributed by atoms with van der Waals surface area (Å²) in [6, 6.07) is 3.33. The predicted molar refractivity (Wildman–Crippen MR) is 129 cm³/mol. The molecular formula is C24H30FN3O5S2. The van der Waals surface area contributed by atoms with E-state index in [4.69, 9.17) is 0 Å². The first-order valence-corrected chi connectivity index (χ1v) is 13.6. The number of thiazole rings is 1. The van der Waals surface area contributed by atoms with Crippen LogP contribution in [0.1, 0.15) is 99.2 Å². The number of halogens is 1. The number of hydrogen-bond acceptors (Lipinski definition) is 8. The molecule has 1 aliphatic rings. The van der Waals surface area contributed by atoms with Gasteiger partial charge in [-0.25, -0.2) is 22.5 Å². The normalized spacial score (nSPS) is 15.4. The number of benzene rings is 1. The van der Waals surface area contributed by atoms with Gasteiger partial charge in [0.2, 0.25) is 5.91 Å². The standard InChI is InChI=1S/C24H30FN3O5S2/c1-12(2)15-9-14(10-26)19(25)17(13(3)4)18(15)24(7-8-24)21(30)28-35(32,33)20-16(11-29)27-22(34-20)23(5,6)31/h9,12-13,29,31H,7-8,11H2,1-6H3,(H,28,30). The van der Waals surface area contributed by atoms with E-state index in [1.165, 1.54) is 19.9 Å². The molecule has 1 aromatic carbocycles. The van der Waals surface area contributed by atoms with Crippen molar-refractivity contribution < 1.29 is 27.8 Å². The van der Waals surface area contributed by atoms with Crippen molar-refractivity contribution in [3.05, 3.63) is 44.8 Å². The monoisotopic (exact) mass is 523 g/mol. The molecule has 35 heavy (non-hydrogen) atoms. The number of sulfonamides is 1. The number of aliphatic hydroxyl groups is 2. The second kappa shape index (κ2) is 9.24. The fourth-order valence-electron chi connectivity index (χ4n) is 4.21. The smallest absolute Gasteiger partial charge is 0.275 e. The third-order valence-electron chi connectivity index (χ3n) is 6.12. The Hall–Kier alpha value is -2.39. The largest absolute Gasteiger partial charge is 0.390 e. The number of rotatable bonds is 8. The molecule has 190 valence electrons. The van der Waals surface area contributed by atoms with E-state index in [0.717, 1.165) is 0 Å². The van der Waals surface area contributed by atoms with Gasteiger partial charge in [0.25, 0.3) is 10.0 Å². The first-order valence-electron chi connectivity index (χ1n) is 11.3. The summed E-state index contributed by atoms with van der Waals surface area (Å²) in [7, 11) is -4.44. The van der Waals surface area contributed by atoms with Gasteiger partial charge in [-0.2, -0.15) is 5.26 Å². The van der Waals surface area contributed by atoms with Gasteiger partial charge in [-0.15, -0.1) is 11.3 Å². The van der Waals surface area contributed by atoms with Crippen LogP contribution < -0.4 is 4.72 Å². The Bertz CT molecular complexity index is 1310. The lowest BCUT2D eigenvalue weighted by atomic mass is 9.78. The Morgan fingerprint density at radius 2 is 1.91 bits per heavy atom. The van der Waals surface area contributed by atoms with Crippen LogP contribution in [-0.4, -0.2) is 29.5 Å². The molecule has 1 heterocycles. The molecule has 8 nitrogen and oxygen atoms in total. The average molecular weight is 524 g/mol. The number of hydrogen-bond donors (Lipinski definition) is 3. The number of nitriles is 1. The number of carbonyl (C=O) groups excluding carboxylic acids is 1. The van der Waals surface area contributed by atoms with Crippen LogP contribution in [0, 0.1) is 17.1 Å². The van der Waals surface area contributed by atoms with E-state index in [2.05, 4.69) is 9.71 Å². The van der Waals surface area contributed by atoms with E-state index < -0.39 is 39.4 Å². The lowest BCUT2D eigenvalue weighted by Crippen LogP contribution is -2.40. The van der Waals surface area contributed by atoms with Crippen LogP contribution in [0.25, 0.3) is 0 Å². The van der Waals surface area contributed by atoms with E-state index in [9.17, 15) is 28.7 Å². The predicted octanol–water partition coefficient (Wildman–Crippen LogP) is 3.66. The Balaban J connectivity index is 2.12.